The summed E-state index contributed by atoms with van der Waals surface area (Å²) >= 11 is 3.57. The Morgan fingerprint density at radius 2 is 1.85 bits per heavy atom. The van der Waals surface area contributed by atoms with Crippen molar-refractivity contribution in [2.75, 3.05) is 47.0 Å². The second kappa shape index (κ2) is 7.26. The number of rotatable bonds is 5. The molecule has 1 saturated heterocycles. The van der Waals surface area contributed by atoms with Crippen molar-refractivity contribution in [1.29, 1.82) is 0 Å². The van der Waals surface area contributed by atoms with Crippen molar-refractivity contribution in [3.05, 3.63) is 22.2 Å². The zero-order valence-corrected chi connectivity index (χ0v) is 13.4. The van der Waals surface area contributed by atoms with E-state index in [1.54, 1.807) is 14.2 Å². The molecule has 1 aliphatic heterocycles. The van der Waals surface area contributed by atoms with E-state index in [1.807, 2.05) is 12.1 Å². The zero-order valence-electron chi connectivity index (χ0n) is 11.9. The first-order valence-electron chi connectivity index (χ1n) is 6.68. The highest BCUT2D eigenvalue weighted by atomic mass is 79.9. The lowest BCUT2D eigenvalue weighted by Gasteiger charge is -2.34. The van der Waals surface area contributed by atoms with Gasteiger partial charge < -0.3 is 19.9 Å². The summed E-state index contributed by atoms with van der Waals surface area (Å²) in [5, 5.41) is 13.1. The molecule has 0 unspecified atom stereocenters. The molecule has 2 rings (SSSR count). The summed E-state index contributed by atoms with van der Waals surface area (Å²) in [6.07, 6.45) is 0. The van der Waals surface area contributed by atoms with E-state index in [2.05, 4.69) is 26.1 Å². The predicted molar refractivity (Wildman–Crippen MR) is 81.5 cm³/mol. The van der Waals surface area contributed by atoms with Gasteiger partial charge in [0.1, 0.15) is 0 Å². The summed E-state index contributed by atoms with van der Waals surface area (Å²) < 4.78 is 11.6. The largest absolute Gasteiger partial charge is 0.493 e. The molecule has 1 aromatic carbocycles. The SMILES string of the molecule is COc1cc(Br)c([C@H](CO)N2CCNCC2)cc1OC. The zero-order chi connectivity index (χ0) is 14.5. The number of aliphatic hydroxyl groups excluding tert-OH is 1. The molecule has 0 bridgehead atoms. The van der Waals surface area contributed by atoms with Gasteiger partial charge in [-0.25, -0.2) is 0 Å². The van der Waals surface area contributed by atoms with Gasteiger partial charge in [0.05, 0.1) is 26.9 Å². The van der Waals surface area contributed by atoms with E-state index in [9.17, 15) is 5.11 Å². The average Bonchev–Trinajstić information content (AvgIpc) is 2.50. The quantitative estimate of drug-likeness (QED) is 0.845. The fourth-order valence-electron chi connectivity index (χ4n) is 2.53. The van der Waals surface area contributed by atoms with E-state index in [1.165, 1.54) is 0 Å². The highest BCUT2D eigenvalue weighted by Crippen LogP contribution is 2.37. The first-order chi connectivity index (χ1) is 9.71. The van der Waals surface area contributed by atoms with Crippen molar-refractivity contribution < 1.29 is 14.6 Å². The predicted octanol–water partition coefficient (Wildman–Crippen LogP) is 1.40. The Morgan fingerprint density at radius 3 is 2.40 bits per heavy atom. The summed E-state index contributed by atoms with van der Waals surface area (Å²) in [6, 6.07) is 3.79. The summed E-state index contributed by atoms with van der Waals surface area (Å²) in [6.45, 7) is 3.81. The van der Waals surface area contributed by atoms with Crippen molar-refractivity contribution in [1.82, 2.24) is 10.2 Å². The molecular weight excluding hydrogens is 324 g/mol. The van der Waals surface area contributed by atoms with Crippen LogP contribution in [0.3, 0.4) is 0 Å². The lowest BCUT2D eigenvalue weighted by atomic mass is 10.0. The van der Waals surface area contributed by atoms with Crippen LogP contribution in [-0.4, -0.2) is 57.0 Å². The Morgan fingerprint density at radius 1 is 1.25 bits per heavy atom. The van der Waals surface area contributed by atoms with Crippen LogP contribution in [0.2, 0.25) is 0 Å². The second-order valence-corrected chi connectivity index (χ2v) is 5.57. The molecule has 0 aromatic heterocycles. The highest BCUT2D eigenvalue weighted by Gasteiger charge is 2.24. The van der Waals surface area contributed by atoms with Crippen LogP contribution in [0.25, 0.3) is 0 Å². The van der Waals surface area contributed by atoms with Crippen molar-refractivity contribution in [2.45, 2.75) is 6.04 Å². The van der Waals surface area contributed by atoms with Crippen LogP contribution >= 0.6 is 15.9 Å². The standard InChI is InChI=1S/C14H21BrN2O3/c1-19-13-7-10(11(15)8-14(13)20-2)12(9-18)17-5-3-16-4-6-17/h7-8,12,16,18H,3-6,9H2,1-2H3/t12-/m0/s1. The second-order valence-electron chi connectivity index (χ2n) is 4.71. The highest BCUT2D eigenvalue weighted by molar-refractivity contribution is 9.10. The molecule has 1 aromatic rings. The number of methoxy groups -OCH3 is 2. The molecule has 0 saturated carbocycles. The van der Waals surface area contributed by atoms with Crippen LogP contribution in [0.1, 0.15) is 11.6 Å². The lowest BCUT2D eigenvalue weighted by molar-refractivity contribution is 0.110. The van der Waals surface area contributed by atoms with E-state index in [0.717, 1.165) is 36.2 Å². The molecule has 6 heteroatoms. The lowest BCUT2D eigenvalue weighted by Crippen LogP contribution is -2.46. The van der Waals surface area contributed by atoms with Gasteiger partial charge in [0.15, 0.2) is 11.5 Å². The molecule has 1 heterocycles. The van der Waals surface area contributed by atoms with Gasteiger partial charge in [0.2, 0.25) is 0 Å². The third kappa shape index (κ3) is 3.25. The number of hydrogen-bond donors (Lipinski definition) is 2. The minimum atomic E-state index is -0.0359. The molecule has 0 radical (unpaired) electrons. The van der Waals surface area contributed by atoms with Crippen molar-refractivity contribution >= 4 is 15.9 Å². The maximum Gasteiger partial charge on any atom is 0.161 e. The van der Waals surface area contributed by atoms with E-state index in [0.29, 0.717) is 11.5 Å². The van der Waals surface area contributed by atoms with Gasteiger partial charge in [-0.2, -0.15) is 0 Å². The van der Waals surface area contributed by atoms with E-state index >= 15 is 0 Å². The molecule has 1 aliphatic rings. The molecule has 112 valence electrons. The van der Waals surface area contributed by atoms with Crippen LogP contribution in [0, 0.1) is 0 Å². The monoisotopic (exact) mass is 344 g/mol. The molecule has 5 nitrogen and oxygen atoms in total. The van der Waals surface area contributed by atoms with Gasteiger partial charge >= 0.3 is 0 Å². The number of halogens is 1. The Bertz CT molecular complexity index is 450. The fourth-order valence-corrected chi connectivity index (χ4v) is 3.12. The Labute approximate surface area is 128 Å². The number of piperazine rings is 1. The first kappa shape index (κ1) is 15.6. The maximum absolute atomic E-state index is 9.79. The number of ether oxygens (including phenoxy) is 2. The van der Waals surface area contributed by atoms with Gasteiger partial charge in [-0.05, 0) is 17.7 Å². The Kier molecular flexibility index (Phi) is 5.65. The van der Waals surface area contributed by atoms with Gasteiger partial charge in [-0.3, -0.25) is 4.90 Å². The van der Waals surface area contributed by atoms with E-state index in [4.69, 9.17) is 9.47 Å². The summed E-state index contributed by atoms with van der Waals surface area (Å²) in [5.74, 6) is 1.36. The molecule has 0 aliphatic carbocycles. The average molecular weight is 345 g/mol. The van der Waals surface area contributed by atoms with Crippen molar-refractivity contribution in [2.24, 2.45) is 0 Å². The Balaban J connectivity index is 2.33. The normalized spacial score (nSPS) is 17.8. The van der Waals surface area contributed by atoms with Gasteiger partial charge in [0, 0.05) is 30.7 Å². The molecule has 2 N–H and O–H groups in total. The number of benzene rings is 1. The van der Waals surface area contributed by atoms with Crippen molar-refractivity contribution in [3.8, 4) is 11.5 Å². The topological polar surface area (TPSA) is 54.0 Å². The molecular formula is C14H21BrN2O3. The molecule has 0 amide bonds. The molecule has 20 heavy (non-hydrogen) atoms. The van der Waals surface area contributed by atoms with Crippen LogP contribution in [-0.2, 0) is 0 Å². The third-order valence-electron chi connectivity index (χ3n) is 3.63. The van der Waals surface area contributed by atoms with Crippen LogP contribution in [0.5, 0.6) is 11.5 Å². The smallest absolute Gasteiger partial charge is 0.161 e. The number of aliphatic hydroxyl groups is 1. The number of nitrogens with zero attached hydrogens (tertiary/aromatic N) is 1. The Hall–Kier alpha value is -0.820. The van der Waals surface area contributed by atoms with E-state index < -0.39 is 0 Å². The summed E-state index contributed by atoms with van der Waals surface area (Å²) in [7, 11) is 3.23. The number of nitrogens with one attached hydrogen (secondary N) is 1. The van der Waals surface area contributed by atoms with Gasteiger partial charge in [0.25, 0.3) is 0 Å². The van der Waals surface area contributed by atoms with Crippen LogP contribution in [0.15, 0.2) is 16.6 Å². The van der Waals surface area contributed by atoms with Gasteiger partial charge in [-0.15, -0.1) is 0 Å². The number of hydrogen-bond acceptors (Lipinski definition) is 5. The third-order valence-corrected chi connectivity index (χ3v) is 4.31. The summed E-state index contributed by atoms with van der Waals surface area (Å²) in [4.78, 5) is 2.28. The van der Waals surface area contributed by atoms with Gasteiger partial charge in [-0.1, -0.05) is 15.9 Å². The first-order valence-corrected chi connectivity index (χ1v) is 7.47. The minimum Gasteiger partial charge on any atom is -0.493 e. The summed E-state index contributed by atoms with van der Waals surface area (Å²) in [5.41, 5.74) is 1.02. The van der Waals surface area contributed by atoms with Crippen LogP contribution < -0.4 is 14.8 Å². The molecule has 1 fully saturated rings. The van der Waals surface area contributed by atoms with E-state index in [-0.39, 0.29) is 12.6 Å². The molecule has 1 atom stereocenters. The fraction of sp³-hybridized carbons (Fsp3) is 0.571. The minimum absolute atomic E-state index is 0.0359. The van der Waals surface area contributed by atoms with Crippen molar-refractivity contribution in [3.63, 3.8) is 0 Å². The van der Waals surface area contributed by atoms with Crippen LogP contribution in [0.4, 0.5) is 0 Å². The molecule has 0 spiro atoms. The maximum atomic E-state index is 9.79.